The van der Waals surface area contributed by atoms with Crippen molar-refractivity contribution in [3.8, 4) is 0 Å². The Labute approximate surface area is 128 Å². The molecule has 0 unspecified atom stereocenters. The molecule has 0 saturated carbocycles. The molecule has 0 spiro atoms. The number of halogens is 1. The van der Waals surface area contributed by atoms with Gasteiger partial charge in [-0.05, 0) is 37.3 Å². The monoisotopic (exact) mass is 304 g/mol. The molecule has 1 heterocycles. The van der Waals surface area contributed by atoms with Crippen molar-refractivity contribution >= 4 is 23.1 Å². The molecule has 1 aromatic heterocycles. The van der Waals surface area contributed by atoms with Crippen LogP contribution in [0.5, 0.6) is 0 Å². The Morgan fingerprint density at radius 1 is 1.38 bits per heavy atom. The Balaban J connectivity index is 2.33. The predicted molar refractivity (Wildman–Crippen MR) is 85.0 cm³/mol. The van der Waals surface area contributed by atoms with Crippen molar-refractivity contribution in [2.75, 3.05) is 11.9 Å². The molecule has 21 heavy (non-hydrogen) atoms. The topological polar surface area (TPSA) is 74.7 Å². The standard InChI is InChI=1S/C15H17ClN4O/c1-10-4-3-5-12(18-10)9-20(2)14-7-6-11(16)8-13(14)15(17)19-21/h3-8,21H,9H2,1-2H3,(H2,17,19). The Kier molecular flexibility index (Phi) is 4.65. The number of nitrogens with zero attached hydrogens (tertiary/aromatic N) is 3. The molecule has 6 heteroatoms. The lowest BCUT2D eigenvalue weighted by Crippen LogP contribution is -2.23. The number of aromatic nitrogens is 1. The number of hydrogen-bond donors (Lipinski definition) is 2. The van der Waals surface area contributed by atoms with E-state index in [2.05, 4.69) is 10.1 Å². The summed E-state index contributed by atoms with van der Waals surface area (Å²) < 4.78 is 0. The number of amidine groups is 1. The van der Waals surface area contributed by atoms with Gasteiger partial charge in [-0.1, -0.05) is 22.8 Å². The quantitative estimate of drug-likeness (QED) is 0.394. The van der Waals surface area contributed by atoms with Crippen molar-refractivity contribution in [1.82, 2.24) is 4.98 Å². The second-order valence-corrected chi connectivity index (χ2v) is 5.21. The zero-order valence-corrected chi connectivity index (χ0v) is 12.7. The SMILES string of the molecule is Cc1cccc(CN(C)c2ccc(Cl)cc2/C(N)=N/O)n1. The van der Waals surface area contributed by atoms with Gasteiger partial charge in [0.25, 0.3) is 0 Å². The number of anilines is 1. The zero-order chi connectivity index (χ0) is 15.4. The Morgan fingerprint density at radius 2 is 2.14 bits per heavy atom. The fourth-order valence-electron chi connectivity index (χ4n) is 2.12. The summed E-state index contributed by atoms with van der Waals surface area (Å²) >= 11 is 5.98. The molecule has 0 amide bonds. The average Bonchev–Trinajstić information content (AvgIpc) is 2.46. The maximum atomic E-state index is 8.90. The Hall–Kier alpha value is -2.27. The molecule has 2 aromatic rings. The first-order valence-corrected chi connectivity index (χ1v) is 6.80. The number of nitrogens with two attached hydrogens (primary N) is 1. The Morgan fingerprint density at radius 3 is 2.81 bits per heavy atom. The van der Waals surface area contributed by atoms with E-state index in [9.17, 15) is 0 Å². The van der Waals surface area contributed by atoms with Gasteiger partial charge in [-0.25, -0.2) is 0 Å². The van der Waals surface area contributed by atoms with Gasteiger partial charge in [0.05, 0.1) is 12.2 Å². The van der Waals surface area contributed by atoms with Crippen LogP contribution in [0.3, 0.4) is 0 Å². The summed E-state index contributed by atoms with van der Waals surface area (Å²) in [7, 11) is 1.92. The number of aryl methyl sites for hydroxylation is 1. The van der Waals surface area contributed by atoms with Gasteiger partial charge in [-0.3, -0.25) is 4.98 Å². The number of oxime groups is 1. The predicted octanol–water partition coefficient (Wildman–Crippen LogP) is 2.77. The highest BCUT2D eigenvalue weighted by molar-refractivity contribution is 6.31. The third kappa shape index (κ3) is 3.64. The lowest BCUT2D eigenvalue weighted by molar-refractivity contribution is 0.318. The summed E-state index contributed by atoms with van der Waals surface area (Å²) in [6.07, 6.45) is 0. The number of pyridine rings is 1. The average molecular weight is 305 g/mol. The molecule has 5 nitrogen and oxygen atoms in total. The number of hydrogen-bond acceptors (Lipinski definition) is 4. The summed E-state index contributed by atoms with van der Waals surface area (Å²) in [5.74, 6) is 0.0246. The minimum absolute atomic E-state index is 0.0246. The van der Waals surface area contributed by atoms with Crippen LogP contribution in [0.25, 0.3) is 0 Å². The smallest absolute Gasteiger partial charge is 0.172 e. The van der Waals surface area contributed by atoms with Crippen LogP contribution >= 0.6 is 11.6 Å². The molecule has 0 radical (unpaired) electrons. The van der Waals surface area contributed by atoms with E-state index in [1.807, 2.05) is 43.1 Å². The summed E-state index contributed by atoms with van der Waals surface area (Å²) in [5.41, 5.74) is 9.03. The van der Waals surface area contributed by atoms with Gasteiger partial charge >= 0.3 is 0 Å². The minimum atomic E-state index is 0.0246. The molecule has 1 aromatic carbocycles. The maximum Gasteiger partial charge on any atom is 0.172 e. The molecule has 110 valence electrons. The zero-order valence-electron chi connectivity index (χ0n) is 11.9. The third-order valence-corrected chi connectivity index (χ3v) is 3.33. The first kappa shape index (κ1) is 15.1. The van der Waals surface area contributed by atoms with Crippen LogP contribution < -0.4 is 10.6 Å². The minimum Gasteiger partial charge on any atom is -0.409 e. The second-order valence-electron chi connectivity index (χ2n) is 4.77. The molecule has 0 atom stereocenters. The lowest BCUT2D eigenvalue weighted by atomic mass is 10.1. The second kappa shape index (κ2) is 6.45. The van der Waals surface area contributed by atoms with Crippen LogP contribution in [0.1, 0.15) is 17.0 Å². The largest absolute Gasteiger partial charge is 0.409 e. The van der Waals surface area contributed by atoms with Crippen molar-refractivity contribution in [2.45, 2.75) is 13.5 Å². The molecular formula is C15H17ClN4O. The summed E-state index contributed by atoms with van der Waals surface area (Å²) in [6, 6.07) is 11.2. The van der Waals surface area contributed by atoms with Crippen molar-refractivity contribution in [3.63, 3.8) is 0 Å². The van der Waals surface area contributed by atoms with Gasteiger partial charge in [-0.2, -0.15) is 0 Å². The molecule has 3 N–H and O–H groups in total. The van der Waals surface area contributed by atoms with E-state index in [1.165, 1.54) is 0 Å². The molecule has 0 aliphatic rings. The van der Waals surface area contributed by atoms with Gasteiger partial charge in [0, 0.05) is 29.0 Å². The van der Waals surface area contributed by atoms with Gasteiger partial charge in [0.1, 0.15) is 0 Å². The number of rotatable bonds is 4. The Bertz CT molecular complexity index is 672. The highest BCUT2D eigenvalue weighted by atomic mass is 35.5. The van der Waals surface area contributed by atoms with E-state index in [4.69, 9.17) is 22.5 Å². The van der Waals surface area contributed by atoms with Crippen LogP contribution in [-0.4, -0.2) is 23.1 Å². The van der Waals surface area contributed by atoms with Crippen LogP contribution in [0.4, 0.5) is 5.69 Å². The van der Waals surface area contributed by atoms with Gasteiger partial charge in [0.15, 0.2) is 5.84 Å². The molecule has 0 aliphatic carbocycles. The molecule has 0 fully saturated rings. The van der Waals surface area contributed by atoms with E-state index in [0.29, 0.717) is 17.1 Å². The lowest BCUT2D eigenvalue weighted by Gasteiger charge is -2.22. The molecule has 2 rings (SSSR count). The van der Waals surface area contributed by atoms with Crippen LogP contribution in [-0.2, 0) is 6.54 Å². The van der Waals surface area contributed by atoms with Gasteiger partial charge < -0.3 is 15.8 Å². The normalized spacial score (nSPS) is 11.5. The highest BCUT2D eigenvalue weighted by Crippen LogP contribution is 2.24. The molecule has 0 bridgehead atoms. The summed E-state index contributed by atoms with van der Waals surface area (Å²) in [4.78, 5) is 6.45. The summed E-state index contributed by atoms with van der Waals surface area (Å²) in [6.45, 7) is 2.56. The third-order valence-electron chi connectivity index (χ3n) is 3.10. The fraction of sp³-hybridized carbons (Fsp3) is 0.200. The maximum absolute atomic E-state index is 8.90. The fourth-order valence-corrected chi connectivity index (χ4v) is 2.29. The van der Waals surface area contributed by atoms with Crippen molar-refractivity contribution in [3.05, 3.63) is 58.4 Å². The van der Waals surface area contributed by atoms with Crippen LogP contribution in [0.2, 0.25) is 5.02 Å². The van der Waals surface area contributed by atoms with E-state index < -0.39 is 0 Å². The van der Waals surface area contributed by atoms with Gasteiger partial charge in [0.2, 0.25) is 0 Å². The van der Waals surface area contributed by atoms with Gasteiger partial charge in [-0.15, -0.1) is 0 Å². The van der Waals surface area contributed by atoms with Crippen molar-refractivity contribution < 1.29 is 5.21 Å². The van der Waals surface area contributed by atoms with Crippen LogP contribution in [0.15, 0.2) is 41.6 Å². The van der Waals surface area contributed by atoms with E-state index >= 15 is 0 Å². The molecule has 0 aliphatic heterocycles. The first-order valence-electron chi connectivity index (χ1n) is 6.42. The van der Waals surface area contributed by atoms with E-state index in [0.717, 1.165) is 17.1 Å². The van der Waals surface area contributed by atoms with Crippen molar-refractivity contribution in [1.29, 1.82) is 0 Å². The van der Waals surface area contributed by atoms with E-state index in [-0.39, 0.29) is 5.84 Å². The number of benzene rings is 1. The first-order chi connectivity index (χ1) is 10.0. The molecular weight excluding hydrogens is 288 g/mol. The van der Waals surface area contributed by atoms with Crippen LogP contribution in [0, 0.1) is 6.92 Å². The van der Waals surface area contributed by atoms with E-state index in [1.54, 1.807) is 12.1 Å². The van der Waals surface area contributed by atoms with Crippen molar-refractivity contribution in [2.24, 2.45) is 10.9 Å². The summed E-state index contributed by atoms with van der Waals surface area (Å²) in [5, 5.41) is 12.5. The highest BCUT2D eigenvalue weighted by Gasteiger charge is 2.12. The molecule has 0 saturated heterocycles.